The molecular weight excluding hydrogens is 314 g/mol. The summed E-state index contributed by atoms with van der Waals surface area (Å²) in [6, 6.07) is 6.32. The molecule has 1 aliphatic carbocycles. The molecule has 2 N–H and O–H groups in total. The van der Waals surface area contributed by atoms with Crippen molar-refractivity contribution in [3.8, 4) is 0 Å². The Kier molecular flexibility index (Phi) is 3.89. The van der Waals surface area contributed by atoms with Crippen LogP contribution in [0.2, 0.25) is 5.15 Å². The number of rotatable bonds is 4. The smallest absolute Gasteiger partial charge is 0.242 e. The molecule has 1 saturated carbocycles. The van der Waals surface area contributed by atoms with Crippen molar-refractivity contribution in [2.75, 3.05) is 5.43 Å². The summed E-state index contributed by atoms with van der Waals surface area (Å²) in [6.07, 6.45) is 0.472. The molecule has 1 aromatic heterocycles. The summed E-state index contributed by atoms with van der Waals surface area (Å²) >= 11 is 5.59. The van der Waals surface area contributed by atoms with Crippen LogP contribution in [0.4, 0.5) is 14.6 Å². The molecule has 22 heavy (non-hydrogen) atoms. The third-order valence-electron chi connectivity index (χ3n) is 3.43. The molecule has 114 valence electrons. The second kappa shape index (κ2) is 5.84. The third-order valence-corrected chi connectivity index (χ3v) is 3.63. The van der Waals surface area contributed by atoms with Gasteiger partial charge in [-0.25, -0.2) is 8.78 Å². The number of hydrazine groups is 1. The summed E-state index contributed by atoms with van der Waals surface area (Å²) in [5.41, 5.74) is 5.28. The highest BCUT2D eigenvalue weighted by Gasteiger charge is 2.45. The van der Waals surface area contributed by atoms with E-state index in [2.05, 4.69) is 21.0 Å². The largest absolute Gasteiger partial charge is 0.280 e. The number of carbonyl (C=O) groups is 1. The van der Waals surface area contributed by atoms with Gasteiger partial charge in [-0.2, -0.15) is 0 Å². The lowest BCUT2D eigenvalue weighted by atomic mass is 10.1. The van der Waals surface area contributed by atoms with Gasteiger partial charge in [0.1, 0.15) is 11.6 Å². The molecule has 1 heterocycles. The predicted octanol–water partition coefficient (Wildman–Crippen LogP) is 2.66. The molecular formula is C14H11ClF2N4O. The molecule has 1 aromatic carbocycles. The van der Waals surface area contributed by atoms with Gasteiger partial charge in [0, 0.05) is 5.92 Å². The van der Waals surface area contributed by atoms with Crippen molar-refractivity contribution in [3.63, 3.8) is 0 Å². The standard InChI is InChI=1S/C14H11ClF2N4O/c15-12-3-4-13(19-18-12)20-21-14(22)10-6-8(10)9-5-7(16)1-2-11(9)17/h1-5,8,10H,6H2,(H,19,20)(H,21,22)/t8-,10+/m0/s1. The van der Waals surface area contributed by atoms with E-state index in [0.29, 0.717) is 12.2 Å². The fourth-order valence-corrected chi connectivity index (χ4v) is 2.33. The maximum Gasteiger partial charge on any atom is 0.242 e. The molecule has 1 aliphatic rings. The zero-order valence-electron chi connectivity index (χ0n) is 11.2. The number of hydrogen-bond acceptors (Lipinski definition) is 4. The lowest BCUT2D eigenvalue weighted by Gasteiger charge is -2.07. The van der Waals surface area contributed by atoms with Crippen molar-refractivity contribution in [1.82, 2.24) is 15.6 Å². The molecule has 2 aromatic rings. The summed E-state index contributed by atoms with van der Waals surface area (Å²) in [5.74, 6) is -1.72. The first-order valence-corrected chi connectivity index (χ1v) is 6.92. The van der Waals surface area contributed by atoms with E-state index in [4.69, 9.17) is 11.6 Å². The Hall–Kier alpha value is -2.28. The molecule has 2 atom stereocenters. The summed E-state index contributed by atoms with van der Waals surface area (Å²) in [5, 5.41) is 7.56. The minimum atomic E-state index is -0.517. The molecule has 1 amide bonds. The first kappa shape index (κ1) is 14.6. The van der Waals surface area contributed by atoms with Crippen LogP contribution in [0.3, 0.4) is 0 Å². The Balaban J connectivity index is 1.58. The quantitative estimate of drug-likeness (QED) is 0.849. The van der Waals surface area contributed by atoms with Gasteiger partial charge in [-0.15, -0.1) is 10.2 Å². The van der Waals surface area contributed by atoms with Crippen LogP contribution in [0.25, 0.3) is 0 Å². The van der Waals surface area contributed by atoms with E-state index in [9.17, 15) is 13.6 Å². The molecule has 3 rings (SSSR count). The van der Waals surface area contributed by atoms with Crippen molar-refractivity contribution in [2.24, 2.45) is 5.92 Å². The summed E-state index contributed by atoms with van der Waals surface area (Å²) in [7, 11) is 0. The number of aromatic nitrogens is 2. The van der Waals surface area contributed by atoms with E-state index in [0.717, 1.165) is 18.2 Å². The molecule has 1 fully saturated rings. The van der Waals surface area contributed by atoms with Gasteiger partial charge >= 0.3 is 0 Å². The van der Waals surface area contributed by atoms with Crippen LogP contribution in [-0.4, -0.2) is 16.1 Å². The van der Waals surface area contributed by atoms with Gasteiger partial charge in [-0.3, -0.25) is 15.6 Å². The zero-order valence-corrected chi connectivity index (χ0v) is 11.9. The SMILES string of the molecule is O=C(NNc1ccc(Cl)nn1)[C@@H]1C[C@H]1c1cc(F)ccc1F. The highest BCUT2D eigenvalue weighted by molar-refractivity contribution is 6.29. The summed E-state index contributed by atoms with van der Waals surface area (Å²) in [4.78, 5) is 12.0. The van der Waals surface area contributed by atoms with E-state index < -0.39 is 17.6 Å². The van der Waals surface area contributed by atoms with E-state index in [1.54, 1.807) is 6.07 Å². The lowest BCUT2D eigenvalue weighted by molar-refractivity contribution is -0.121. The van der Waals surface area contributed by atoms with Gasteiger partial charge in [-0.1, -0.05) is 11.6 Å². The fraction of sp³-hybridized carbons (Fsp3) is 0.214. The van der Waals surface area contributed by atoms with Gasteiger partial charge in [0.25, 0.3) is 0 Å². The number of benzene rings is 1. The van der Waals surface area contributed by atoms with Crippen molar-refractivity contribution in [2.45, 2.75) is 12.3 Å². The van der Waals surface area contributed by atoms with Crippen LogP contribution in [0, 0.1) is 17.6 Å². The Labute approximate surface area is 129 Å². The number of amides is 1. The second-order valence-electron chi connectivity index (χ2n) is 4.97. The number of nitrogens with one attached hydrogen (secondary N) is 2. The van der Waals surface area contributed by atoms with E-state index in [-0.39, 0.29) is 22.5 Å². The van der Waals surface area contributed by atoms with Crippen molar-refractivity contribution < 1.29 is 13.6 Å². The van der Waals surface area contributed by atoms with Gasteiger partial charge < -0.3 is 0 Å². The Morgan fingerprint density at radius 2 is 2.05 bits per heavy atom. The number of carbonyl (C=O) groups excluding carboxylic acids is 1. The van der Waals surface area contributed by atoms with Crippen LogP contribution in [0.1, 0.15) is 17.9 Å². The average molecular weight is 325 g/mol. The van der Waals surface area contributed by atoms with Gasteiger partial charge in [0.05, 0.1) is 0 Å². The van der Waals surface area contributed by atoms with E-state index >= 15 is 0 Å². The third kappa shape index (κ3) is 3.14. The Morgan fingerprint density at radius 1 is 1.23 bits per heavy atom. The van der Waals surface area contributed by atoms with E-state index in [1.165, 1.54) is 6.07 Å². The lowest BCUT2D eigenvalue weighted by Crippen LogP contribution is -2.31. The molecule has 5 nitrogen and oxygen atoms in total. The first-order chi connectivity index (χ1) is 10.5. The molecule has 0 unspecified atom stereocenters. The van der Waals surface area contributed by atoms with E-state index in [1.807, 2.05) is 0 Å². The topological polar surface area (TPSA) is 66.9 Å². The minimum Gasteiger partial charge on any atom is -0.280 e. The first-order valence-electron chi connectivity index (χ1n) is 6.54. The van der Waals surface area contributed by atoms with Gasteiger partial charge in [-0.05, 0) is 48.2 Å². The normalized spacial score (nSPS) is 19.6. The number of nitrogens with zero attached hydrogens (tertiary/aromatic N) is 2. The highest BCUT2D eigenvalue weighted by Crippen LogP contribution is 2.48. The molecule has 0 saturated heterocycles. The van der Waals surface area contributed by atoms with Crippen LogP contribution in [0.15, 0.2) is 30.3 Å². The average Bonchev–Trinajstić information content (AvgIpc) is 3.29. The fourth-order valence-electron chi connectivity index (χ4n) is 2.23. The molecule has 0 bridgehead atoms. The molecule has 8 heteroatoms. The van der Waals surface area contributed by atoms with Crippen molar-refractivity contribution >= 4 is 23.3 Å². The van der Waals surface area contributed by atoms with Crippen molar-refractivity contribution in [1.29, 1.82) is 0 Å². The second-order valence-corrected chi connectivity index (χ2v) is 5.36. The number of anilines is 1. The predicted molar refractivity (Wildman–Crippen MR) is 76.0 cm³/mol. The van der Waals surface area contributed by atoms with Crippen LogP contribution in [0.5, 0.6) is 0 Å². The van der Waals surface area contributed by atoms with Gasteiger partial charge in [0.2, 0.25) is 5.91 Å². The maximum atomic E-state index is 13.6. The van der Waals surface area contributed by atoms with Crippen molar-refractivity contribution in [3.05, 3.63) is 52.7 Å². The van der Waals surface area contributed by atoms with Crippen LogP contribution < -0.4 is 10.9 Å². The zero-order chi connectivity index (χ0) is 15.7. The monoisotopic (exact) mass is 324 g/mol. The molecule has 0 aliphatic heterocycles. The van der Waals surface area contributed by atoms with Crippen LogP contribution in [-0.2, 0) is 4.79 Å². The summed E-state index contributed by atoms with van der Waals surface area (Å²) < 4.78 is 26.8. The maximum absolute atomic E-state index is 13.6. The minimum absolute atomic E-state index is 0.228. The Bertz CT molecular complexity index is 710. The highest BCUT2D eigenvalue weighted by atomic mass is 35.5. The molecule has 0 radical (unpaired) electrons. The number of hydrogen-bond donors (Lipinski definition) is 2. The molecule has 0 spiro atoms. The Morgan fingerprint density at radius 3 is 2.77 bits per heavy atom. The van der Waals surface area contributed by atoms with Gasteiger partial charge in [0.15, 0.2) is 11.0 Å². The number of halogens is 3. The van der Waals surface area contributed by atoms with Crippen LogP contribution >= 0.6 is 11.6 Å². The summed E-state index contributed by atoms with van der Waals surface area (Å²) in [6.45, 7) is 0.